The van der Waals surface area contributed by atoms with Crippen LogP contribution in [0, 0.1) is 0 Å². The van der Waals surface area contributed by atoms with Gasteiger partial charge in [-0.1, -0.05) is 6.07 Å². The van der Waals surface area contributed by atoms with Crippen molar-refractivity contribution in [2.75, 3.05) is 39.8 Å². The molecule has 0 spiro atoms. The van der Waals surface area contributed by atoms with E-state index < -0.39 is 0 Å². The summed E-state index contributed by atoms with van der Waals surface area (Å²) in [4.78, 5) is 25.1. The van der Waals surface area contributed by atoms with E-state index in [2.05, 4.69) is 15.3 Å². The summed E-state index contributed by atoms with van der Waals surface area (Å²) in [7, 11) is 1.96. The summed E-state index contributed by atoms with van der Waals surface area (Å²) in [6.45, 7) is 4.46. The molecule has 0 atom stereocenters. The molecule has 6 nitrogen and oxygen atoms in total. The zero-order valence-corrected chi connectivity index (χ0v) is 14.1. The number of nitrogens with zero attached hydrogens (tertiary/aromatic N) is 4. The van der Waals surface area contributed by atoms with Crippen LogP contribution in [0.2, 0.25) is 0 Å². The number of pyridine rings is 1. The molecule has 1 saturated heterocycles. The SMILES string of the molecule is CN(CC(=O)N1CCNCC1)Cc1csc(-c2ccccn2)n1. The third-order valence-corrected chi connectivity index (χ3v) is 4.66. The van der Waals surface area contributed by atoms with Gasteiger partial charge in [-0.2, -0.15) is 0 Å². The van der Waals surface area contributed by atoms with Crippen LogP contribution < -0.4 is 5.32 Å². The summed E-state index contributed by atoms with van der Waals surface area (Å²) < 4.78 is 0. The summed E-state index contributed by atoms with van der Waals surface area (Å²) >= 11 is 1.59. The van der Waals surface area contributed by atoms with Gasteiger partial charge in [0.15, 0.2) is 0 Å². The normalized spacial score (nSPS) is 15.1. The Morgan fingerprint density at radius 2 is 2.22 bits per heavy atom. The fraction of sp³-hybridized carbons (Fsp3) is 0.438. The predicted molar refractivity (Wildman–Crippen MR) is 91.1 cm³/mol. The van der Waals surface area contributed by atoms with Gasteiger partial charge in [0.05, 0.1) is 17.9 Å². The largest absolute Gasteiger partial charge is 0.339 e. The lowest BCUT2D eigenvalue weighted by Crippen LogP contribution is -2.49. The first-order chi connectivity index (χ1) is 11.2. The molecule has 1 amide bonds. The molecule has 23 heavy (non-hydrogen) atoms. The van der Waals surface area contributed by atoms with Crippen molar-refractivity contribution in [2.45, 2.75) is 6.54 Å². The fourth-order valence-electron chi connectivity index (χ4n) is 2.56. The monoisotopic (exact) mass is 331 g/mol. The van der Waals surface area contributed by atoms with Crippen molar-refractivity contribution in [2.24, 2.45) is 0 Å². The second kappa shape index (κ2) is 7.63. The maximum atomic E-state index is 12.3. The molecule has 3 rings (SSSR count). The van der Waals surface area contributed by atoms with Gasteiger partial charge in [0.2, 0.25) is 5.91 Å². The Morgan fingerprint density at radius 3 is 2.96 bits per heavy atom. The minimum absolute atomic E-state index is 0.189. The van der Waals surface area contributed by atoms with Crippen molar-refractivity contribution in [3.8, 4) is 10.7 Å². The molecule has 7 heteroatoms. The lowest BCUT2D eigenvalue weighted by atomic mass is 10.3. The van der Waals surface area contributed by atoms with E-state index in [1.165, 1.54) is 0 Å². The zero-order valence-electron chi connectivity index (χ0n) is 13.2. The van der Waals surface area contributed by atoms with Crippen LogP contribution in [0.1, 0.15) is 5.69 Å². The molecule has 1 aliphatic rings. The molecule has 1 N–H and O–H groups in total. The Balaban J connectivity index is 1.54. The van der Waals surface area contributed by atoms with E-state index in [1.54, 1.807) is 17.5 Å². The Labute approximate surface area is 140 Å². The number of hydrogen-bond acceptors (Lipinski definition) is 6. The number of hydrogen-bond donors (Lipinski definition) is 1. The molecule has 3 heterocycles. The number of nitrogens with one attached hydrogen (secondary N) is 1. The molecule has 0 saturated carbocycles. The fourth-order valence-corrected chi connectivity index (χ4v) is 3.35. The Kier molecular flexibility index (Phi) is 5.32. The highest BCUT2D eigenvalue weighted by Crippen LogP contribution is 2.21. The standard InChI is InChI=1S/C16H21N5OS/c1-20(11-15(22)21-8-6-17-7-9-21)10-13-12-23-16(19-13)14-4-2-3-5-18-14/h2-5,12,17H,6-11H2,1H3. The molecule has 0 unspecified atom stereocenters. The number of amides is 1. The van der Waals surface area contributed by atoms with Crippen molar-refractivity contribution in [1.82, 2.24) is 25.1 Å². The molecule has 0 radical (unpaired) electrons. The molecule has 2 aromatic heterocycles. The molecule has 0 aliphatic carbocycles. The van der Waals surface area contributed by atoms with Crippen LogP contribution in [0.4, 0.5) is 0 Å². The second-order valence-corrected chi connectivity index (χ2v) is 6.52. The van der Waals surface area contributed by atoms with Gasteiger partial charge in [-0.05, 0) is 19.2 Å². The van der Waals surface area contributed by atoms with E-state index in [0.29, 0.717) is 13.1 Å². The van der Waals surface area contributed by atoms with Crippen LogP contribution in [-0.2, 0) is 11.3 Å². The van der Waals surface area contributed by atoms with E-state index in [9.17, 15) is 4.79 Å². The molecule has 0 aromatic carbocycles. The average molecular weight is 331 g/mol. The van der Waals surface area contributed by atoms with Gasteiger partial charge >= 0.3 is 0 Å². The van der Waals surface area contributed by atoms with E-state index in [-0.39, 0.29) is 5.91 Å². The van der Waals surface area contributed by atoms with Gasteiger partial charge in [0, 0.05) is 44.3 Å². The van der Waals surface area contributed by atoms with Crippen molar-refractivity contribution >= 4 is 17.2 Å². The zero-order chi connectivity index (χ0) is 16.1. The first-order valence-corrected chi connectivity index (χ1v) is 8.63. The lowest BCUT2D eigenvalue weighted by molar-refractivity contribution is -0.132. The first kappa shape index (κ1) is 16.0. The maximum Gasteiger partial charge on any atom is 0.236 e. The van der Waals surface area contributed by atoms with Crippen LogP contribution in [-0.4, -0.2) is 65.4 Å². The van der Waals surface area contributed by atoms with Gasteiger partial charge < -0.3 is 10.2 Å². The van der Waals surface area contributed by atoms with Crippen molar-refractivity contribution in [1.29, 1.82) is 0 Å². The molecule has 1 aliphatic heterocycles. The molecular weight excluding hydrogens is 310 g/mol. The van der Waals surface area contributed by atoms with Crippen LogP contribution >= 0.6 is 11.3 Å². The van der Waals surface area contributed by atoms with Gasteiger partial charge in [-0.15, -0.1) is 11.3 Å². The summed E-state index contributed by atoms with van der Waals surface area (Å²) in [5.74, 6) is 0.189. The van der Waals surface area contributed by atoms with E-state index in [4.69, 9.17) is 0 Å². The van der Waals surface area contributed by atoms with Crippen LogP contribution in [0.5, 0.6) is 0 Å². The molecule has 122 valence electrons. The Bertz CT molecular complexity index is 639. The van der Waals surface area contributed by atoms with Crippen molar-refractivity contribution in [3.05, 3.63) is 35.5 Å². The molecule has 1 fully saturated rings. The minimum Gasteiger partial charge on any atom is -0.339 e. The highest BCUT2D eigenvalue weighted by Gasteiger charge is 2.18. The molecule has 0 bridgehead atoms. The maximum absolute atomic E-state index is 12.3. The van der Waals surface area contributed by atoms with Crippen LogP contribution in [0.3, 0.4) is 0 Å². The Hall–Kier alpha value is -1.83. The third kappa shape index (κ3) is 4.34. The van der Waals surface area contributed by atoms with Crippen LogP contribution in [0.15, 0.2) is 29.8 Å². The number of carbonyl (C=O) groups is 1. The van der Waals surface area contributed by atoms with Crippen LogP contribution in [0.25, 0.3) is 10.7 Å². The lowest BCUT2D eigenvalue weighted by Gasteiger charge is -2.29. The van der Waals surface area contributed by atoms with E-state index in [0.717, 1.165) is 42.6 Å². The number of piperazine rings is 1. The van der Waals surface area contributed by atoms with Gasteiger partial charge in [-0.25, -0.2) is 4.98 Å². The first-order valence-electron chi connectivity index (χ1n) is 7.75. The predicted octanol–water partition coefficient (Wildman–Crippen LogP) is 1.07. The highest BCUT2D eigenvalue weighted by molar-refractivity contribution is 7.13. The average Bonchev–Trinajstić information content (AvgIpc) is 3.04. The van der Waals surface area contributed by atoms with Crippen molar-refractivity contribution in [3.63, 3.8) is 0 Å². The second-order valence-electron chi connectivity index (χ2n) is 5.66. The van der Waals surface area contributed by atoms with Gasteiger partial charge in [-0.3, -0.25) is 14.7 Å². The number of likely N-dealkylation sites (N-methyl/N-ethyl adjacent to an activating group) is 1. The number of carbonyl (C=O) groups excluding carboxylic acids is 1. The van der Waals surface area contributed by atoms with E-state index in [1.807, 2.05) is 40.4 Å². The number of rotatable bonds is 5. The summed E-state index contributed by atoms with van der Waals surface area (Å²) in [5.41, 5.74) is 1.87. The summed E-state index contributed by atoms with van der Waals surface area (Å²) in [6, 6.07) is 5.81. The minimum atomic E-state index is 0.189. The number of thiazole rings is 1. The van der Waals surface area contributed by atoms with E-state index >= 15 is 0 Å². The topological polar surface area (TPSA) is 61.4 Å². The number of aromatic nitrogens is 2. The third-order valence-electron chi connectivity index (χ3n) is 3.74. The van der Waals surface area contributed by atoms with Gasteiger partial charge in [0.25, 0.3) is 0 Å². The van der Waals surface area contributed by atoms with Gasteiger partial charge in [0.1, 0.15) is 5.01 Å². The smallest absolute Gasteiger partial charge is 0.236 e. The molecule has 2 aromatic rings. The quantitative estimate of drug-likeness (QED) is 0.888. The molecular formula is C16H21N5OS. The van der Waals surface area contributed by atoms with Crippen molar-refractivity contribution < 1.29 is 4.79 Å². The summed E-state index contributed by atoms with van der Waals surface area (Å²) in [6.07, 6.45) is 1.77. The summed E-state index contributed by atoms with van der Waals surface area (Å²) in [5, 5.41) is 6.22. The Morgan fingerprint density at radius 1 is 1.39 bits per heavy atom. The highest BCUT2D eigenvalue weighted by atomic mass is 32.1.